The van der Waals surface area contributed by atoms with Gasteiger partial charge in [0.1, 0.15) is 12.4 Å². The first-order valence-corrected chi connectivity index (χ1v) is 11.9. The van der Waals surface area contributed by atoms with Gasteiger partial charge in [-0.15, -0.1) is 24.8 Å². The molecule has 0 spiro atoms. The van der Waals surface area contributed by atoms with E-state index in [2.05, 4.69) is 10.2 Å². The molecule has 196 valence electrons. The second-order valence-electron chi connectivity index (χ2n) is 9.03. The van der Waals surface area contributed by atoms with E-state index in [0.29, 0.717) is 25.3 Å². The number of nitrogens with zero attached hydrogens (tertiary/aromatic N) is 2. The Morgan fingerprint density at radius 1 is 0.917 bits per heavy atom. The van der Waals surface area contributed by atoms with Crippen LogP contribution in [0.4, 0.5) is 10.5 Å². The highest BCUT2D eigenvalue weighted by Crippen LogP contribution is 2.26. The number of nitrogens with two attached hydrogens (primary N) is 1. The van der Waals surface area contributed by atoms with E-state index in [1.165, 1.54) is 0 Å². The molecule has 0 aromatic heterocycles. The van der Waals surface area contributed by atoms with Crippen LogP contribution in [0.15, 0.2) is 54.6 Å². The van der Waals surface area contributed by atoms with Gasteiger partial charge < -0.3 is 25.6 Å². The molecule has 0 unspecified atom stereocenters. The van der Waals surface area contributed by atoms with Gasteiger partial charge >= 0.3 is 12.0 Å². The number of amides is 2. The first-order valence-electron chi connectivity index (χ1n) is 11.9. The van der Waals surface area contributed by atoms with E-state index >= 15 is 0 Å². The van der Waals surface area contributed by atoms with Crippen LogP contribution in [-0.4, -0.2) is 55.0 Å². The third kappa shape index (κ3) is 7.77. The summed E-state index contributed by atoms with van der Waals surface area (Å²) in [4.78, 5) is 29.3. The van der Waals surface area contributed by atoms with Crippen LogP contribution in [0, 0.1) is 11.3 Å². The second kappa shape index (κ2) is 13.9. The number of halogens is 2. The highest BCUT2D eigenvalue weighted by Gasteiger charge is 2.30. The lowest BCUT2D eigenvalue weighted by molar-refractivity contribution is -0.151. The SMILES string of the molecule is Cl.Cl.N=C(N)c1ccc(N2CCN(C(=O)NC3CCC(C(=O)OCc4ccccc4)CC3)CC2)cc1. The van der Waals surface area contributed by atoms with Gasteiger partial charge in [0.2, 0.25) is 0 Å². The molecular weight excluding hydrogens is 501 g/mol. The smallest absolute Gasteiger partial charge is 0.317 e. The van der Waals surface area contributed by atoms with E-state index in [4.69, 9.17) is 15.9 Å². The summed E-state index contributed by atoms with van der Waals surface area (Å²) in [5.41, 5.74) is 8.30. The number of ether oxygens (including phenoxy) is 1. The Morgan fingerprint density at radius 3 is 2.11 bits per heavy atom. The number of carbonyl (C=O) groups is 2. The van der Waals surface area contributed by atoms with Crippen molar-refractivity contribution in [2.45, 2.75) is 38.3 Å². The number of amidine groups is 1. The number of urea groups is 1. The normalized spacial score (nSPS) is 19.3. The molecule has 1 saturated carbocycles. The number of piperazine rings is 1. The molecule has 2 aliphatic rings. The molecule has 10 heteroatoms. The Morgan fingerprint density at radius 2 is 1.53 bits per heavy atom. The Bertz CT molecular complexity index is 990. The highest BCUT2D eigenvalue weighted by atomic mass is 35.5. The third-order valence-electron chi connectivity index (χ3n) is 6.72. The van der Waals surface area contributed by atoms with Crippen LogP contribution in [-0.2, 0) is 16.1 Å². The topological polar surface area (TPSA) is 112 Å². The molecule has 1 saturated heterocycles. The van der Waals surface area contributed by atoms with E-state index < -0.39 is 0 Å². The first kappa shape index (κ1) is 29.3. The predicted molar refractivity (Wildman–Crippen MR) is 146 cm³/mol. The largest absolute Gasteiger partial charge is 0.461 e. The van der Waals surface area contributed by atoms with Gasteiger partial charge in [0.25, 0.3) is 0 Å². The third-order valence-corrected chi connectivity index (χ3v) is 6.72. The molecule has 1 aliphatic heterocycles. The van der Waals surface area contributed by atoms with Gasteiger partial charge in [-0.25, -0.2) is 4.79 Å². The minimum Gasteiger partial charge on any atom is -0.461 e. The number of esters is 1. The maximum Gasteiger partial charge on any atom is 0.317 e. The fraction of sp³-hybridized carbons (Fsp3) is 0.423. The number of carbonyl (C=O) groups excluding carboxylic acids is 2. The van der Waals surface area contributed by atoms with Crippen LogP contribution < -0.4 is 16.0 Å². The van der Waals surface area contributed by atoms with Crippen molar-refractivity contribution < 1.29 is 14.3 Å². The Kier molecular flexibility index (Phi) is 11.3. The van der Waals surface area contributed by atoms with Gasteiger partial charge in [-0.3, -0.25) is 10.2 Å². The Balaban J connectivity index is 0.00000228. The average molecular weight is 537 g/mol. The molecule has 0 atom stereocenters. The molecule has 4 N–H and O–H groups in total. The summed E-state index contributed by atoms with van der Waals surface area (Å²) in [6.45, 7) is 3.13. The van der Waals surface area contributed by atoms with Crippen LogP contribution >= 0.6 is 24.8 Å². The molecule has 1 aliphatic carbocycles. The van der Waals surface area contributed by atoms with Crippen molar-refractivity contribution >= 4 is 48.3 Å². The van der Waals surface area contributed by atoms with Crippen LogP contribution in [0.1, 0.15) is 36.8 Å². The number of rotatable bonds is 6. The Labute approximate surface area is 224 Å². The first-order chi connectivity index (χ1) is 16.5. The summed E-state index contributed by atoms with van der Waals surface area (Å²) in [6, 6.07) is 17.4. The lowest BCUT2D eigenvalue weighted by Gasteiger charge is -2.37. The molecule has 1 heterocycles. The van der Waals surface area contributed by atoms with Crippen molar-refractivity contribution in [1.82, 2.24) is 10.2 Å². The summed E-state index contributed by atoms with van der Waals surface area (Å²) < 4.78 is 5.49. The zero-order valence-electron chi connectivity index (χ0n) is 20.2. The summed E-state index contributed by atoms with van der Waals surface area (Å²) in [5.74, 6) is -0.165. The van der Waals surface area contributed by atoms with Crippen molar-refractivity contribution in [2.75, 3.05) is 31.1 Å². The molecular formula is C26H35Cl2N5O3. The number of anilines is 1. The zero-order valence-corrected chi connectivity index (χ0v) is 21.9. The molecule has 2 aromatic rings. The van der Waals surface area contributed by atoms with Crippen molar-refractivity contribution in [3.63, 3.8) is 0 Å². The lowest BCUT2D eigenvalue weighted by Crippen LogP contribution is -2.54. The van der Waals surface area contributed by atoms with E-state index in [1.54, 1.807) is 0 Å². The number of hydrogen-bond donors (Lipinski definition) is 3. The maximum atomic E-state index is 12.8. The van der Waals surface area contributed by atoms with Gasteiger partial charge in [0.15, 0.2) is 0 Å². The second-order valence-corrected chi connectivity index (χ2v) is 9.03. The zero-order chi connectivity index (χ0) is 23.9. The van der Waals surface area contributed by atoms with Crippen LogP contribution in [0.5, 0.6) is 0 Å². The van der Waals surface area contributed by atoms with Gasteiger partial charge in [-0.2, -0.15) is 0 Å². The molecule has 2 amide bonds. The van der Waals surface area contributed by atoms with Crippen molar-refractivity contribution in [2.24, 2.45) is 11.7 Å². The van der Waals surface area contributed by atoms with Crippen LogP contribution in [0.3, 0.4) is 0 Å². The summed E-state index contributed by atoms with van der Waals surface area (Å²) >= 11 is 0. The summed E-state index contributed by atoms with van der Waals surface area (Å²) in [5, 5.41) is 10.7. The fourth-order valence-corrected chi connectivity index (χ4v) is 4.61. The van der Waals surface area contributed by atoms with Gasteiger partial charge in [0.05, 0.1) is 5.92 Å². The Hall–Kier alpha value is -2.97. The molecule has 36 heavy (non-hydrogen) atoms. The van der Waals surface area contributed by atoms with Crippen molar-refractivity contribution in [1.29, 1.82) is 5.41 Å². The number of hydrogen-bond acceptors (Lipinski definition) is 5. The minimum atomic E-state index is -0.138. The summed E-state index contributed by atoms with van der Waals surface area (Å²) in [7, 11) is 0. The van der Waals surface area contributed by atoms with E-state index in [1.807, 2.05) is 59.5 Å². The quantitative estimate of drug-likeness (QED) is 0.294. The van der Waals surface area contributed by atoms with Crippen LogP contribution in [0.2, 0.25) is 0 Å². The minimum absolute atomic E-state index is 0. The monoisotopic (exact) mass is 535 g/mol. The molecule has 2 aromatic carbocycles. The maximum absolute atomic E-state index is 12.8. The van der Waals surface area contributed by atoms with Gasteiger partial charge in [-0.05, 0) is 55.5 Å². The average Bonchev–Trinajstić information content (AvgIpc) is 2.88. The predicted octanol–water partition coefficient (Wildman–Crippen LogP) is 3.95. The molecule has 4 rings (SSSR count). The summed E-state index contributed by atoms with van der Waals surface area (Å²) in [6.07, 6.45) is 3.06. The number of nitrogens with one attached hydrogen (secondary N) is 2. The highest BCUT2D eigenvalue weighted by molar-refractivity contribution is 5.95. The van der Waals surface area contributed by atoms with Gasteiger partial charge in [-0.1, -0.05) is 30.3 Å². The van der Waals surface area contributed by atoms with Crippen LogP contribution in [0.25, 0.3) is 0 Å². The molecule has 0 radical (unpaired) electrons. The molecule has 2 fully saturated rings. The van der Waals surface area contributed by atoms with Crippen molar-refractivity contribution in [3.8, 4) is 0 Å². The number of benzene rings is 2. The van der Waals surface area contributed by atoms with E-state index in [0.717, 1.165) is 50.0 Å². The molecule has 8 nitrogen and oxygen atoms in total. The standard InChI is InChI=1S/C26H33N5O3.2ClH/c27-24(28)20-8-12-23(13-9-20)30-14-16-31(17-15-30)26(33)29-22-10-6-21(7-11-22)25(32)34-18-19-4-2-1-3-5-19;;/h1-5,8-9,12-13,21-22H,6-7,10-11,14-18H2,(H3,27,28)(H,29,33);2*1H. The fourth-order valence-electron chi connectivity index (χ4n) is 4.61. The van der Waals surface area contributed by atoms with E-state index in [9.17, 15) is 9.59 Å². The van der Waals surface area contributed by atoms with Crippen molar-refractivity contribution in [3.05, 3.63) is 65.7 Å². The molecule has 0 bridgehead atoms. The van der Waals surface area contributed by atoms with Gasteiger partial charge in [0, 0.05) is 43.5 Å². The lowest BCUT2D eigenvalue weighted by atomic mass is 9.86. The van der Waals surface area contributed by atoms with E-state index in [-0.39, 0.29) is 54.6 Å². The number of nitrogen functional groups attached to an aromatic ring is 1.